The van der Waals surface area contributed by atoms with Crippen LogP contribution in [0.4, 0.5) is 0 Å². The summed E-state index contributed by atoms with van der Waals surface area (Å²) in [7, 11) is 0. The van der Waals surface area contributed by atoms with Crippen molar-refractivity contribution >= 4 is 61.5 Å². The Morgan fingerprint density at radius 3 is 2.54 bits per heavy atom. The Balaban J connectivity index is 1.40. The largest absolute Gasteiger partial charge is 0.506 e. The summed E-state index contributed by atoms with van der Waals surface area (Å²) >= 11 is 4.63. The van der Waals surface area contributed by atoms with E-state index in [0.717, 1.165) is 43.7 Å². The summed E-state index contributed by atoms with van der Waals surface area (Å²) in [5.74, 6) is -0.859. The van der Waals surface area contributed by atoms with E-state index in [1.165, 1.54) is 0 Å². The van der Waals surface area contributed by atoms with Crippen LogP contribution in [0.2, 0.25) is 0 Å². The third-order valence-electron chi connectivity index (χ3n) is 6.47. The van der Waals surface area contributed by atoms with Gasteiger partial charge in [-0.05, 0) is 81.5 Å². The van der Waals surface area contributed by atoms with E-state index in [-0.39, 0.29) is 23.0 Å². The van der Waals surface area contributed by atoms with Crippen LogP contribution >= 0.6 is 27.7 Å². The Morgan fingerprint density at radius 1 is 1.00 bits per heavy atom. The summed E-state index contributed by atoms with van der Waals surface area (Å²) in [6, 6.07) is 26.9. The fourth-order valence-corrected chi connectivity index (χ4v) is 5.93. The van der Waals surface area contributed by atoms with Crippen molar-refractivity contribution in [1.29, 1.82) is 0 Å². The molecule has 206 valence electrons. The third-order valence-corrected chi connectivity index (χ3v) is 8.11. The van der Waals surface area contributed by atoms with Gasteiger partial charge in [-0.1, -0.05) is 78.5 Å². The molecule has 0 fully saturated rings. The summed E-state index contributed by atoms with van der Waals surface area (Å²) in [4.78, 5) is 30.2. The van der Waals surface area contributed by atoms with Crippen molar-refractivity contribution in [1.82, 2.24) is 0 Å². The second-order valence-corrected chi connectivity index (χ2v) is 11.1. The number of hydrogen-bond donors (Lipinski definition) is 1. The van der Waals surface area contributed by atoms with Crippen molar-refractivity contribution in [3.05, 3.63) is 128 Å². The predicted molar refractivity (Wildman–Crippen MR) is 167 cm³/mol. The fourth-order valence-electron chi connectivity index (χ4n) is 4.41. The molecule has 5 rings (SSSR count). The summed E-state index contributed by atoms with van der Waals surface area (Å²) in [5.41, 5.74) is 2.89. The molecule has 1 amide bonds. The first-order valence-corrected chi connectivity index (χ1v) is 14.5. The van der Waals surface area contributed by atoms with Crippen molar-refractivity contribution in [2.45, 2.75) is 20.5 Å². The maximum atomic E-state index is 12.9. The highest BCUT2D eigenvalue weighted by molar-refractivity contribution is 9.10. The monoisotopic (exact) mass is 627 g/mol. The molecule has 6 nitrogen and oxygen atoms in total. The minimum absolute atomic E-state index is 0.0922. The minimum Gasteiger partial charge on any atom is -0.506 e. The molecule has 4 aromatic rings. The number of thioether (sulfide) groups is 1. The molecule has 0 atom stereocenters. The molecule has 0 spiro atoms. The van der Waals surface area contributed by atoms with Crippen molar-refractivity contribution < 1.29 is 24.2 Å². The summed E-state index contributed by atoms with van der Waals surface area (Å²) in [6.45, 7) is 4.00. The Hall–Kier alpha value is -4.14. The van der Waals surface area contributed by atoms with Gasteiger partial charge in [-0.3, -0.25) is 4.79 Å². The van der Waals surface area contributed by atoms with Crippen molar-refractivity contribution in [3.63, 3.8) is 0 Å². The van der Waals surface area contributed by atoms with Gasteiger partial charge >= 0.3 is 5.97 Å². The van der Waals surface area contributed by atoms with Gasteiger partial charge in [-0.15, -0.1) is 0 Å². The molecule has 0 saturated heterocycles. The van der Waals surface area contributed by atoms with Crippen LogP contribution in [0.5, 0.6) is 5.75 Å². The molecule has 1 aliphatic heterocycles. The van der Waals surface area contributed by atoms with E-state index in [1.54, 1.807) is 25.1 Å². The average molecular weight is 629 g/mol. The van der Waals surface area contributed by atoms with Gasteiger partial charge in [-0.2, -0.15) is 0 Å². The molecular formula is C33H26BrNO5S. The lowest BCUT2D eigenvalue weighted by molar-refractivity contribution is -0.138. The number of rotatable bonds is 7. The smallest absolute Gasteiger partial charge is 0.344 e. The number of aryl methyl sites for hydroxylation is 1. The molecule has 1 heterocycles. The van der Waals surface area contributed by atoms with Crippen LogP contribution in [0.15, 0.2) is 111 Å². The summed E-state index contributed by atoms with van der Waals surface area (Å²) in [5, 5.41) is 13.4. The van der Waals surface area contributed by atoms with Crippen molar-refractivity contribution in [2.75, 3.05) is 6.61 Å². The second kappa shape index (κ2) is 12.6. The first kappa shape index (κ1) is 28.4. The molecule has 0 aliphatic carbocycles. The lowest BCUT2D eigenvalue weighted by Crippen LogP contribution is -2.14. The fraction of sp³-hybridized carbons (Fsp3) is 0.121. The number of aliphatic hydroxyl groups is 1. The van der Waals surface area contributed by atoms with Gasteiger partial charge in [0.25, 0.3) is 5.91 Å². The first-order chi connectivity index (χ1) is 19.9. The number of hydrogen-bond acceptors (Lipinski definition) is 6. The lowest BCUT2D eigenvalue weighted by atomic mass is 10.1. The van der Waals surface area contributed by atoms with E-state index in [0.29, 0.717) is 22.8 Å². The van der Waals surface area contributed by atoms with Crippen LogP contribution in [0, 0.1) is 6.92 Å². The van der Waals surface area contributed by atoms with Crippen LogP contribution in [0.1, 0.15) is 34.0 Å². The maximum Gasteiger partial charge on any atom is 0.344 e. The second-order valence-electron chi connectivity index (χ2n) is 9.21. The van der Waals surface area contributed by atoms with Gasteiger partial charge in [0.2, 0.25) is 0 Å². The number of halogens is 1. The van der Waals surface area contributed by atoms with Crippen LogP contribution in [0.25, 0.3) is 16.8 Å². The number of fused-ring (bicyclic) bond motifs is 1. The van der Waals surface area contributed by atoms with E-state index < -0.39 is 11.9 Å². The van der Waals surface area contributed by atoms with E-state index >= 15 is 0 Å². The standard InChI is InChI=1S/C33H26BrNO5S/c1-3-39-33(38)29-30(36)28(41-32(29)35-31(37)24-13-6-4-9-20(24)2)18-21-15-16-27(26(34)17-21)40-19-23-12-8-11-22-10-5-7-14-25(22)23/h4-18,36H,3,19H2,1-2H3/b28-18-,35-32?. The number of amides is 1. The number of aliphatic hydroxyl groups excluding tert-OH is 1. The van der Waals surface area contributed by atoms with Gasteiger partial charge in [0.1, 0.15) is 28.7 Å². The molecule has 1 N–H and O–H groups in total. The Bertz CT molecular complexity index is 1750. The quantitative estimate of drug-likeness (QED) is 0.208. The lowest BCUT2D eigenvalue weighted by Gasteiger charge is -2.11. The van der Waals surface area contributed by atoms with E-state index in [2.05, 4.69) is 39.1 Å². The zero-order chi connectivity index (χ0) is 28.9. The van der Waals surface area contributed by atoms with Gasteiger partial charge in [-0.25, -0.2) is 9.79 Å². The van der Waals surface area contributed by atoms with Crippen LogP contribution < -0.4 is 4.74 Å². The molecule has 41 heavy (non-hydrogen) atoms. The molecule has 0 saturated carbocycles. The van der Waals surface area contributed by atoms with Crippen molar-refractivity contribution in [3.8, 4) is 5.75 Å². The van der Waals surface area contributed by atoms with Gasteiger partial charge in [0.05, 0.1) is 16.0 Å². The molecule has 4 aromatic carbocycles. The number of ether oxygens (including phenoxy) is 2. The molecule has 0 aromatic heterocycles. The molecule has 1 aliphatic rings. The number of benzene rings is 4. The first-order valence-electron chi connectivity index (χ1n) is 12.9. The van der Waals surface area contributed by atoms with Gasteiger partial charge < -0.3 is 14.6 Å². The zero-order valence-electron chi connectivity index (χ0n) is 22.4. The zero-order valence-corrected chi connectivity index (χ0v) is 24.8. The van der Waals surface area contributed by atoms with Crippen LogP contribution in [-0.4, -0.2) is 28.6 Å². The van der Waals surface area contributed by atoms with Crippen LogP contribution in [0.3, 0.4) is 0 Å². The molecular weight excluding hydrogens is 602 g/mol. The SMILES string of the molecule is CCOC(=O)C1=C(O)/C(=C/c2ccc(OCc3cccc4ccccc34)c(Br)c2)SC1=NC(=O)c1ccccc1C. The Labute approximate surface area is 250 Å². The minimum atomic E-state index is -0.740. The number of carbonyl (C=O) groups is 2. The normalized spacial score (nSPS) is 15.1. The Morgan fingerprint density at radius 2 is 1.76 bits per heavy atom. The summed E-state index contributed by atoms with van der Waals surface area (Å²) < 4.78 is 12.0. The van der Waals surface area contributed by atoms with Gasteiger partial charge in [0.15, 0.2) is 0 Å². The highest BCUT2D eigenvalue weighted by Crippen LogP contribution is 2.40. The van der Waals surface area contributed by atoms with E-state index in [4.69, 9.17) is 9.47 Å². The predicted octanol–water partition coefficient (Wildman–Crippen LogP) is 8.19. The molecule has 0 radical (unpaired) electrons. The molecule has 8 heteroatoms. The highest BCUT2D eigenvalue weighted by Gasteiger charge is 2.34. The maximum absolute atomic E-state index is 12.9. The topological polar surface area (TPSA) is 85.2 Å². The number of nitrogens with zero attached hydrogens (tertiary/aromatic N) is 1. The number of esters is 1. The van der Waals surface area contributed by atoms with E-state index in [1.807, 2.05) is 61.5 Å². The van der Waals surface area contributed by atoms with Crippen molar-refractivity contribution in [2.24, 2.45) is 4.99 Å². The average Bonchev–Trinajstić information content (AvgIpc) is 3.26. The van der Waals surface area contributed by atoms with E-state index in [9.17, 15) is 14.7 Å². The van der Waals surface area contributed by atoms with Crippen LogP contribution in [-0.2, 0) is 16.1 Å². The van der Waals surface area contributed by atoms with Gasteiger partial charge in [0, 0.05) is 5.56 Å². The third kappa shape index (κ3) is 6.29. The number of carbonyl (C=O) groups excluding carboxylic acids is 2. The number of aliphatic imine (C=N–C) groups is 1. The molecule has 0 bridgehead atoms. The molecule has 0 unspecified atom stereocenters. The highest BCUT2D eigenvalue weighted by atomic mass is 79.9. The summed E-state index contributed by atoms with van der Waals surface area (Å²) in [6.07, 6.45) is 1.72. The Kier molecular flexibility index (Phi) is 8.71.